The van der Waals surface area contributed by atoms with Gasteiger partial charge in [0.25, 0.3) is 0 Å². The van der Waals surface area contributed by atoms with Gasteiger partial charge >= 0.3 is 0 Å². The highest BCUT2D eigenvalue weighted by Crippen LogP contribution is 2.29. The smallest absolute Gasteiger partial charge is 0.157 e. The Bertz CT molecular complexity index is 734. The van der Waals surface area contributed by atoms with Crippen LogP contribution in [0.2, 0.25) is 0 Å². The molecule has 0 spiro atoms. The normalized spacial score (nSPS) is 16.5. The Balaban J connectivity index is 1.50. The molecule has 0 bridgehead atoms. The van der Waals surface area contributed by atoms with Crippen molar-refractivity contribution in [1.82, 2.24) is 4.90 Å². The Morgan fingerprint density at radius 3 is 2.56 bits per heavy atom. The molecule has 0 aliphatic carbocycles. The van der Waals surface area contributed by atoms with E-state index in [4.69, 9.17) is 5.73 Å². The molecule has 0 unspecified atom stereocenters. The van der Waals surface area contributed by atoms with E-state index in [9.17, 15) is 10.2 Å². The minimum Gasteiger partial charge on any atom is -0.504 e. The van der Waals surface area contributed by atoms with Gasteiger partial charge in [-0.05, 0) is 60.7 Å². The third kappa shape index (κ3) is 4.62. The number of phenolic OH excluding ortho intramolecular Hbond substituents is 2. The Morgan fingerprint density at radius 2 is 1.84 bits per heavy atom. The van der Waals surface area contributed by atoms with Gasteiger partial charge in [0.15, 0.2) is 11.5 Å². The number of hydrogen-bond acceptors (Lipinski definition) is 4. The number of rotatable bonds is 5. The van der Waals surface area contributed by atoms with Crippen molar-refractivity contribution >= 4 is 6.08 Å². The Hall–Kier alpha value is -2.30. The molecule has 2 aromatic rings. The van der Waals surface area contributed by atoms with Crippen molar-refractivity contribution in [3.05, 3.63) is 65.2 Å². The van der Waals surface area contributed by atoms with Crippen LogP contribution in [0.25, 0.3) is 6.08 Å². The fourth-order valence-electron chi connectivity index (χ4n) is 3.40. The number of piperidine rings is 1. The Kier molecular flexibility index (Phi) is 5.74. The first-order valence-electron chi connectivity index (χ1n) is 8.85. The summed E-state index contributed by atoms with van der Waals surface area (Å²) in [5.41, 5.74) is 9.26. The SMILES string of the molecule is NCc1cccc(C2CCN(CC=Cc3ccc(O)c(O)c3)CC2)c1. The molecule has 3 rings (SSSR count). The first kappa shape index (κ1) is 17.5. The summed E-state index contributed by atoms with van der Waals surface area (Å²) in [6, 6.07) is 13.5. The van der Waals surface area contributed by atoms with E-state index in [0.29, 0.717) is 12.5 Å². The van der Waals surface area contributed by atoms with Crippen molar-refractivity contribution in [3.63, 3.8) is 0 Å². The third-order valence-corrected chi connectivity index (χ3v) is 4.92. The molecule has 1 heterocycles. The minimum atomic E-state index is -0.0853. The van der Waals surface area contributed by atoms with Gasteiger partial charge in [-0.15, -0.1) is 0 Å². The molecule has 4 N–H and O–H groups in total. The first-order valence-corrected chi connectivity index (χ1v) is 8.85. The number of nitrogens with zero attached hydrogens (tertiary/aromatic N) is 1. The Labute approximate surface area is 149 Å². The van der Waals surface area contributed by atoms with Gasteiger partial charge in [0.2, 0.25) is 0 Å². The van der Waals surface area contributed by atoms with E-state index in [0.717, 1.165) is 25.2 Å². The fourth-order valence-corrected chi connectivity index (χ4v) is 3.40. The monoisotopic (exact) mass is 338 g/mol. The standard InChI is InChI=1S/C21H26N2O2/c22-15-17-3-1-5-19(13-17)18-8-11-23(12-9-18)10-2-4-16-6-7-20(24)21(25)14-16/h1-7,13-14,18,24-25H,8-12,15,22H2. The van der Waals surface area contributed by atoms with Gasteiger partial charge in [0, 0.05) is 13.1 Å². The van der Waals surface area contributed by atoms with E-state index in [2.05, 4.69) is 35.2 Å². The highest BCUT2D eigenvalue weighted by Gasteiger charge is 2.19. The molecule has 1 fully saturated rings. The molecule has 1 saturated heterocycles. The van der Waals surface area contributed by atoms with Crippen molar-refractivity contribution in [3.8, 4) is 11.5 Å². The van der Waals surface area contributed by atoms with Gasteiger partial charge in [-0.3, -0.25) is 4.90 Å². The average molecular weight is 338 g/mol. The lowest BCUT2D eigenvalue weighted by Crippen LogP contribution is -2.33. The summed E-state index contributed by atoms with van der Waals surface area (Å²) in [5.74, 6) is 0.460. The molecule has 0 aromatic heterocycles. The van der Waals surface area contributed by atoms with E-state index in [-0.39, 0.29) is 11.5 Å². The quantitative estimate of drug-likeness (QED) is 0.730. The molecule has 1 aliphatic heterocycles. The molecule has 0 saturated carbocycles. The second-order valence-corrected chi connectivity index (χ2v) is 6.67. The van der Waals surface area contributed by atoms with Gasteiger partial charge in [0.1, 0.15) is 0 Å². The Morgan fingerprint density at radius 1 is 1.04 bits per heavy atom. The highest BCUT2D eigenvalue weighted by molar-refractivity contribution is 5.55. The maximum Gasteiger partial charge on any atom is 0.157 e. The fraction of sp³-hybridized carbons (Fsp3) is 0.333. The molecular weight excluding hydrogens is 312 g/mol. The van der Waals surface area contributed by atoms with Crippen LogP contribution in [0.5, 0.6) is 11.5 Å². The van der Waals surface area contributed by atoms with E-state index in [1.165, 1.54) is 30.0 Å². The second-order valence-electron chi connectivity index (χ2n) is 6.67. The number of likely N-dealkylation sites (tertiary alicyclic amines) is 1. The van der Waals surface area contributed by atoms with Gasteiger partial charge in [-0.2, -0.15) is 0 Å². The van der Waals surface area contributed by atoms with Crippen molar-refractivity contribution in [2.45, 2.75) is 25.3 Å². The lowest BCUT2D eigenvalue weighted by atomic mass is 9.88. The van der Waals surface area contributed by atoms with Crippen LogP contribution in [0.3, 0.4) is 0 Å². The van der Waals surface area contributed by atoms with Crippen LogP contribution in [-0.4, -0.2) is 34.7 Å². The van der Waals surface area contributed by atoms with Crippen LogP contribution in [0.4, 0.5) is 0 Å². The average Bonchev–Trinajstić information content (AvgIpc) is 2.65. The van der Waals surface area contributed by atoms with Crippen molar-refractivity contribution in [2.75, 3.05) is 19.6 Å². The van der Waals surface area contributed by atoms with Crippen molar-refractivity contribution in [1.29, 1.82) is 0 Å². The van der Waals surface area contributed by atoms with E-state index in [1.54, 1.807) is 12.1 Å². The topological polar surface area (TPSA) is 69.7 Å². The molecule has 25 heavy (non-hydrogen) atoms. The molecule has 132 valence electrons. The van der Waals surface area contributed by atoms with Crippen LogP contribution in [0, 0.1) is 0 Å². The number of hydrogen-bond donors (Lipinski definition) is 3. The van der Waals surface area contributed by atoms with Crippen LogP contribution in [0.15, 0.2) is 48.5 Å². The lowest BCUT2D eigenvalue weighted by molar-refractivity contribution is 0.233. The van der Waals surface area contributed by atoms with Crippen LogP contribution in [0.1, 0.15) is 35.4 Å². The summed E-state index contributed by atoms with van der Waals surface area (Å²) in [6.07, 6.45) is 6.43. The van der Waals surface area contributed by atoms with Crippen LogP contribution < -0.4 is 5.73 Å². The predicted octanol–water partition coefficient (Wildman–Crippen LogP) is 3.45. The van der Waals surface area contributed by atoms with Crippen LogP contribution >= 0.6 is 0 Å². The molecule has 0 amide bonds. The number of phenols is 2. The largest absolute Gasteiger partial charge is 0.504 e. The summed E-state index contributed by atoms with van der Waals surface area (Å²) in [6.45, 7) is 3.67. The molecular formula is C21H26N2O2. The molecule has 4 nitrogen and oxygen atoms in total. The van der Waals surface area contributed by atoms with E-state index >= 15 is 0 Å². The van der Waals surface area contributed by atoms with E-state index < -0.39 is 0 Å². The molecule has 4 heteroatoms. The molecule has 0 radical (unpaired) electrons. The summed E-state index contributed by atoms with van der Waals surface area (Å²) in [7, 11) is 0. The van der Waals surface area contributed by atoms with Gasteiger partial charge in [-0.25, -0.2) is 0 Å². The number of aromatic hydroxyl groups is 2. The molecule has 0 atom stereocenters. The maximum absolute atomic E-state index is 9.52. The zero-order valence-electron chi connectivity index (χ0n) is 14.4. The van der Waals surface area contributed by atoms with E-state index in [1.807, 2.05) is 6.08 Å². The molecule has 2 aromatic carbocycles. The van der Waals surface area contributed by atoms with Gasteiger partial charge in [-0.1, -0.05) is 42.5 Å². The summed E-state index contributed by atoms with van der Waals surface area (Å²) >= 11 is 0. The van der Waals surface area contributed by atoms with Crippen LogP contribution in [-0.2, 0) is 6.54 Å². The van der Waals surface area contributed by atoms with Gasteiger partial charge in [0.05, 0.1) is 0 Å². The predicted molar refractivity (Wildman–Crippen MR) is 102 cm³/mol. The summed E-state index contributed by atoms with van der Waals surface area (Å²) in [5, 5.41) is 18.9. The number of nitrogens with two attached hydrogens (primary N) is 1. The zero-order chi connectivity index (χ0) is 17.6. The maximum atomic E-state index is 9.52. The summed E-state index contributed by atoms with van der Waals surface area (Å²) < 4.78 is 0. The lowest BCUT2D eigenvalue weighted by Gasteiger charge is -2.31. The van der Waals surface area contributed by atoms with Crippen molar-refractivity contribution < 1.29 is 10.2 Å². The third-order valence-electron chi connectivity index (χ3n) is 4.92. The number of benzene rings is 2. The highest BCUT2D eigenvalue weighted by atomic mass is 16.3. The zero-order valence-corrected chi connectivity index (χ0v) is 14.4. The minimum absolute atomic E-state index is 0.0809. The molecule has 1 aliphatic rings. The van der Waals surface area contributed by atoms with Crippen molar-refractivity contribution in [2.24, 2.45) is 5.73 Å². The van der Waals surface area contributed by atoms with Gasteiger partial charge < -0.3 is 15.9 Å². The first-order chi connectivity index (χ1) is 12.2. The summed E-state index contributed by atoms with van der Waals surface area (Å²) in [4.78, 5) is 2.44. The second kappa shape index (κ2) is 8.19.